The van der Waals surface area contributed by atoms with Crippen molar-refractivity contribution in [2.45, 2.75) is 20.0 Å². The second-order valence-electron chi connectivity index (χ2n) is 3.65. The molecule has 0 heterocycles. The number of nitrogen functional groups attached to an aromatic ring is 1. The van der Waals surface area contributed by atoms with E-state index in [2.05, 4.69) is 5.32 Å². The highest BCUT2D eigenvalue weighted by Gasteiger charge is 2.08. The van der Waals surface area contributed by atoms with Crippen LogP contribution in [0.2, 0.25) is 0 Å². The first kappa shape index (κ1) is 12.4. The summed E-state index contributed by atoms with van der Waals surface area (Å²) in [7, 11) is 0. The summed E-state index contributed by atoms with van der Waals surface area (Å²) in [5.41, 5.74) is 5.93. The molecule has 0 fully saturated rings. The summed E-state index contributed by atoms with van der Waals surface area (Å²) < 4.78 is 18.3. The van der Waals surface area contributed by atoms with E-state index in [9.17, 15) is 9.18 Å². The number of ether oxygens (including phenoxy) is 1. The summed E-state index contributed by atoms with van der Waals surface area (Å²) in [5.74, 6) is -0.926. The van der Waals surface area contributed by atoms with Gasteiger partial charge in [0.25, 0.3) is 0 Å². The maximum absolute atomic E-state index is 13.2. The van der Waals surface area contributed by atoms with E-state index in [1.165, 1.54) is 18.2 Å². The Balaban J connectivity index is 2.59. The van der Waals surface area contributed by atoms with Gasteiger partial charge in [-0.25, -0.2) is 4.39 Å². The van der Waals surface area contributed by atoms with Gasteiger partial charge in [0.1, 0.15) is 12.4 Å². The molecule has 0 atom stereocenters. The molecule has 0 radical (unpaired) electrons. The Kier molecular flexibility index (Phi) is 4.25. The number of amides is 1. The predicted molar refractivity (Wildman–Crippen MR) is 60.5 cm³/mol. The standard InChI is InChI=1S/C11H15FN2O2/c1-7(2)16-6-11(15)14-10-5-8(13)3-4-9(10)12/h3-5,7H,6,13H2,1-2H3,(H,14,15). The van der Waals surface area contributed by atoms with Crippen molar-refractivity contribution >= 4 is 17.3 Å². The van der Waals surface area contributed by atoms with Crippen LogP contribution in [0.5, 0.6) is 0 Å². The van der Waals surface area contributed by atoms with Gasteiger partial charge in [0, 0.05) is 5.69 Å². The highest BCUT2D eigenvalue weighted by atomic mass is 19.1. The fourth-order valence-electron chi connectivity index (χ4n) is 1.07. The third-order valence-corrected chi connectivity index (χ3v) is 1.81. The zero-order chi connectivity index (χ0) is 12.1. The molecule has 0 spiro atoms. The Bertz CT molecular complexity index is 380. The van der Waals surface area contributed by atoms with Gasteiger partial charge in [0.2, 0.25) is 5.91 Å². The van der Waals surface area contributed by atoms with Crippen LogP contribution in [0.15, 0.2) is 18.2 Å². The summed E-state index contributed by atoms with van der Waals surface area (Å²) in [5, 5.41) is 2.39. The first-order chi connectivity index (χ1) is 7.49. The topological polar surface area (TPSA) is 64.3 Å². The quantitative estimate of drug-likeness (QED) is 0.769. The van der Waals surface area contributed by atoms with Crippen LogP contribution in [0.3, 0.4) is 0 Å². The van der Waals surface area contributed by atoms with E-state index in [0.29, 0.717) is 5.69 Å². The Labute approximate surface area is 93.6 Å². The van der Waals surface area contributed by atoms with Crippen molar-refractivity contribution in [1.29, 1.82) is 0 Å². The largest absolute Gasteiger partial charge is 0.399 e. The smallest absolute Gasteiger partial charge is 0.250 e. The molecule has 0 saturated heterocycles. The molecule has 0 aliphatic heterocycles. The fraction of sp³-hybridized carbons (Fsp3) is 0.364. The molecule has 16 heavy (non-hydrogen) atoms. The zero-order valence-corrected chi connectivity index (χ0v) is 9.29. The summed E-state index contributed by atoms with van der Waals surface area (Å²) in [6.07, 6.45) is -0.0450. The average molecular weight is 226 g/mol. The highest BCUT2D eigenvalue weighted by molar-refractivity contribution is 5.92. The Hall–Kier alpha value is -1.62. The van der Waals surface area contributed by atoms with E-state index >= 15 is 0 Å². The average Bonchev–Trinajstić information content (AvgIpc) is 2.20. The number of nitrogens with two attached hydrogens (primary N) is 1. The monoisotopic (exact) mass is 226 g/mol. The molecule has 1 rings (SSSR count). The minimum Gasteiger partial charge on any atom is -0.399 e. The number of rotatable bonds is 4. The molecule has 3 N–H and O–H groups in total. The van der Waals surface area contributed by atoms with Crippen LogP contribution in [0.1, 0.15) is 13.8 Å². The maximum Gasteiger partial charge on any atom is 0.250 e. The number of carbonyl (C=O) groups is 1. The molecule has 0 bridgehead atoms. The normalized spacial score (nSPS) is 10.5. The van der Waals surface area contributed by atoms with Crippen molar-refractivity contribution in [3.63, 3.8) is 0 Å². The lowest BCUT2D eigenvalue weighted by molar-refractivity contribution is -0.121. The molecule has 0 aliphatic rings. The van der Waals surface area contributed by atoms with E-state index in [1.54, 1.807) is 0 Å². The van der Waals surface area contributed by atoms with Crippen LogP contribution < -0.4 is 11.1 Å². The van der Waals surface area contributed by atoms with E-state index in [-0.39, 0.29) is 18.4 Å². The van der Waals surface area contributed by atoms with E-state index < -0.39 is 11.7 Å². The molecule has 1 amide bonds. The van der Waals surface area contributed by atoms with Gasteiger partial charge in [-0.3, -0.25) is 4.79 Å². The summed E-state index contributed by atoms with van der Waals surface area (Å²) in [4.78, 5) is 11.3. The van der Waals surface area contributed by atoms with Crippen LogP contribution in [0, 0.1) is 5.82 Å². The highest BCUT2D eigenvalue weighted by Crippen LogP contribution is 2.17. The van der Waals surface area contributed by atoms with Gasteiger partial charge in [-0.1, -0.05) is 0 Å². The van der Waals surface area contributed by atoms with Gasteiger partial charge in [-0.15, -0.1) is 0 Å². The van der Waals surface area contributed by atoms with E-state index in [0.717, 1.165) is 0 Å². The van der Waals surface area contributed by atoms with Crippen molar-refractivity contribution in [1.82, 2.24) is 0 Å². The molecule has 1 aromatic carbocycles. The number of benzene rings is 1. The summed E-state index contributed by atoms with van der Waals surface area (Å²) >= 11 is 0. The first-order valence-electron chi connectivity index (χ1n) is 4.95. The maximum atomic E-state index is 13.2. The van der Waals surface area contributed by atoms with Crippen molar-refractivity contribution in [3.05, 3.63) is 24.0 Å². The molecule has 88 valence electrons. The summed E-state index contributed by atoms with van der Waals surface area (Å²) in [6, 6.07) is 3.99. The van der Waals surface area contributed by atoms with Crippen molar-refractivity contribution < 1.29 is 13.9 Å². The van der Waals surface area contributed by atoms with Crippen LogP contribution in [-0.2, 0) is 9.53 Å². The van der Waals surface area contributed by atoms with Crippen molar-refractivity contribution in [3.8, 4) is 0 Å². The fourth-order valence-corrected chi connectivity index (χ4v) is 1.07. The number of anilines is 2. The Morgan fingerprint density at radius 1 is 1.56 bits per heavy atom. The van der Waals surface area contributed by atoms with Crippen LogP contribution in [0.4, 0.5) is 15.8 Å². The Morgan fingerprint density at radius 2 is 2.25 bits per heavy atom. The van der Waals surface area contributed by atoms with Crippen molar-refractivity contribution in [2.24, 2.45) is 0 Å². The van der Waals surface area contributed by atoms with Gasteiger partial charge in [0.05, 0.1) is 11.8 Å². The lowest BCUT2D eigenvalue weighted by atomic mass is 10.2. The number of hydrogen-bond acceptors (Lipinski definition) is 3. The second-order valence-corrected chi connectivity index (χ2v) is 3.65. The third kappa shape index (κ3) is 3.86. The van der Waals surface area contributed by atoms with E-state index in [4.69, 9.17) is 10.5 Å². The minimum absolute atomic E-state index is 0.0450. The molecule has 0 unspecified atom stereocenters. The third-order valence-electron chi connectivity index (χ3n) is 1.81. The zero-order valence-electron chi connectivity index (χ0n) is 9.29. The number of halogens is 1. The van der Waals surface area contributed by atoms with Gasteiger partial charge in [0.15, 0.2) is 0 Å². The van der Waals surface area contributed by atoms with Gasteiger partial charge in [-0.05, 0) is 32.0 Å². The lowest BCUT2D eigenvalue weighted by Crippen LogP contribution is -2.21. The molecule has 4 nitrogen and oxygen atoms in total. The molecular formula is C11H15FN2O2. The second kappa shape index (κ2) is 5.46. The molecule has 0 aliphatic carbocycles. The van der Waals surface area contributed by atoms with Gasteiger partial charge in [-0.2, -0.15) is 0 Å². The van der Waals surface area contributed by atoms with Crippen LogP contribution in [0.25, 0.3) is 0 Å². The van der Waals surface area contributed by atoms with Crippen LogP contribution >= 0.6 is 0 Å². The number of hydrogen-bond donors (Lipinski definition) is 2. The summed E-state index contributed by atoms with van der Waals surface area (Å²) in [6.45, 7) is 3.52. The number of carbonyl (C=O) groups excluding carboxylic acids is 1. The predicted octanol–water partition coefficient (Wildman–Crippen LogP) is 1.77. The SMILES string of the molecule is CC(C)OCC(=O)Nc1cc(N)ccc1F. The van der Waals surface area contributed by atoms with Crippen molar-refractivity contribution in [2.75, 3.05) is 17.7 Å². The first-order valence-corrected chi connectivity index (χ1v) is 4.95. The molecule has 0 saturated carbocycles. The molecule has 5 heteroatoms. The lowest BCUT2D eigenvalue weighted by Gasteiger charge is -2.09. The Morgan fingerprint density at radius 3 is 2.88 bits per heavy atom. The van der Waals surface area contributed by atoms with Gasteiger partial charge < -0.3 is 15.8 Å². The minimum atomic E-state index is -0.521. The molecule has 0 aromatic heterocycles. The van der Waals surface area contributed by atoms with Gasteiger partial charge >= 0.3 is 0 Å². The van der Waals surface area contributed by atoms with E-state index in [1.807, 2.05) is 13.8 Å². The van der Waals surface area contributed by atoms with Crippen LogP contribution in [-0.4, -0.2) is 18.6 Å². The molecular weight excluding hydrogens is 211 g/mol. The number of nitrogens with one attached hydrogen (secondary N) is 1. The molecule has 1 aromatic rings.